The lowest BCUT2D eigenvalue weighted by Crippen LogP contribution is -2.29. The molecule has 2 aromatic rings. The molecule has 0 radical (unpaired) electrons. The van der Waals surface area contributed by atoms with Gasteiger partial charge in [-0.05, 0) is 31.2 Å². The number of anilines is 1. The molecule has 0 aliphatic rings. The van der Waals surface area contributed by atoms with Crippen molar-refractivity contribution in [3.8, 4) is 0 Å². The van der Waals surface area contributed by atoms with Gasteiger partial charge in [-0.15, -0.1) is 11.8 Å². The largest absolute Gasteiger partial charge is 0.456 e. The third kappa shape index (κ3) is 3.27. The molecule has 2 rings (SSSR count). The van der Waals surface area contributed by atoms with Gasteiger partial charge >= 0.3 is 5.91 Å². The number of carbonyl (C=O) groups excluding carboxylic acids is 1. The summed E-state index contributed by atoms with van der Waals surface area (Å²) in [5.74, 6) is 6.14. The molecule has 20 heavy (non-hydrogen) atoms. The van der Waals surface area contributed by atoms with E-state index in [4.69, 9.17) is 27.6 Å². The van der Waals surface area contributed by atoms with Crippen LogP contribution in [0.1, 0.15) is 21.9 Å². The molecular weight excluding hydrogens is 298 g/mol. The molecule has 106 valence electrons. The average molecular weight is 312 g/mol. The number of benzene rings is 1. The summed E-state index contributed by atoms with van der Waals surface area (Å²) in [6, 6.07) is 7.05. The summed E-state index contributed by atoms with van der Waals surface area (Å²) in [4.78, 5) is 12.3. The Bertz CT molecular complexity index is 643. The van der Waals surface area contributed by atoms with Gasteiger partial charge in [-0.2, -0.15) is 0 Å². The van der Waals surface area contributed by atoms with E-state index in [0.717, 1.165) is 10.5 Å². The first-order valence-corrected chi connectivity index (χ1v) is 7.15. The number of hydrazine groups is 1. The number of halogens is 1. The van der Waals surface area contributed by atoms with E-state index >= 15 is 0 Å². The van der Waals surface area contributed by atoms with E-state index in [1.807, 2.05) is 11.5 Å². The van der Waals surface area contributed by atoms with E-state index in [1.54, 1.807) is 36.9 Å². The van der Waals surface area contributed by atoms with Gasteiger partial charge in [0.05, 0.1) is 5.02 Å². The second-order valence-electron chi connectivity index (χ2n) is 4.14. The number of nitrogen functional groups attached to an aromatic ring is 2. The van der Waals surface area contributed by atoms with Gasteiger partial charge in [0.1, 0.15) is 5.76 Å². The van der Waals surface area contributed by atoms with Gasteiger partial charge in [0, 0.05) is 21.9 Å². The normalized spacial score (nSPS) is 10.6. The zero-order chi connectivity index (χ0) is 14.7. The van der Waals surface area contributed by atoms with E-state index in [2.05, 4.69) is 0 Å². The first-order chi connectivity index (χ1) is 9.51. The summed E-state index contributed by atoms with van der Waals surface area (Å²) in [5.41, 5.74) is 9.23. The zero-order valence-electron chi connectivity index (χ0n) is 10.8. The van der Waals surface area contributed by atoms with Crippen LogP contribution in [0, 0.1) is 6.92 Å². The summed E-state index contributed by atoms with van der Waals surface area (Å²) in [5, 5.41) is 0.607. The van der Waals surface area contributed by atoms with Crippen molar-refractivity contribution in [1.29, 1.82) is 0 Å². The van der Waals surface area contributed by atoms with Crippen molar-refractivity contribution in [2.75, 3.05) is 5.73 Å². The Morgan fingerprint density at radius 2 is 2.20 bits per heavy atom. The van der Waals surface area contributed by atoms with Crippen molar-refractivity contribution < 1.29 is 9.21 Å². The topological polar surface area (TPSA) is 94.3 Å². The molecule has 0 unspecified atom stereocenters. The molecule has 0 atom stereocenters. The van der Waals surface area contributed by atoms with Crippen LogP contribution in [-0.2, 0) is 5.75 Å². The lowest BCUT2D eigenvalue weighted by atomic mass is 10.3. The predicted octanol–water partition coefficient (Wildman–Crippen LogP) is 2.72. The van der Waals surface area contributed by atoms with Gasteiger partial charge in [0.2, 0.25) is 0 Å². The zero-order valence-corrected chi connectivity index (χ0v) is 12.3. The molecule has 5 nitrogen and oxygen atoms in total. The highest BCUT2D eigenvalue weighted by atomic mass is 35.5. The maximum absolute atomic E-state index is 11.4. The van der Waals surface area contributed by atoms with Gasteiger partial charge in [0.25, 0.3) is 0 Å². The van der Waals surface area contributed by atoms with Crippen LogP contribution in [0.15, 0.2) is 33.6 Å². The van der Waals surface area contributed by atoms with Crippen molar-refractivity contribution in [1.82, 2.24) is 5.43 Å². The molecule has 1 aromatic heterocycles. The fourth-order valence-electron chi connectivity index (χ4n) is 1.64. The molecule has 0 aliphatic carbocycles. The first kappa shape index (κ1) is 14.8. The fraction of sp³-hybridized carbons (Fsp3) is 0.154. The molecule has 0 aliphatic heterocycles. The van der Waals surface area contributed by atoms with Gasteiger partial charge < -0.3 is 10.2 Å². The SMILES string of the molecule is Cc1oc(C(=O)NN)cc1CSc1ccc(N)cc1Cl. The standard InChI is InChI=1S/C13H14ClN3O2S/c1-7-8(4-11(19-7)13(18)17-16)6-20-12-3-2-9(15)5-10(12)14/h2-5H,6,15-16H2,1H3,(H,17,18). The molecule has 1 amide bonds. The Morgan fingerprint density at radius 1 is 1.45 bits per heavy atom. The summed E-state index contributed by atoms with van der Waals surface area (Å²) in [6.07, 6.45) is 0. The van der Waals surface area contributed by atoms with E-state index in [1.165, 1.54) is 0 Å². The van der Waals surface area contributed by atoms with Gasteiger partial charge in [-0.1, -0.05) is 11.6 Å². The lowest BCUT2D eigenvalue weighted by molar-refractivity contribution is 0.0924. The summed E-state index contributed by atoms with van der Waals surface area (Å²) in [6.45, 7) is 1.80. The van der Waals surface area contributed by atoms with Crippen LogP contribution in [0.4, 0.5) is 5.69 Å². The number of carbonyl (C=O) groups is 1. The van der Waals surface area contributed by atoms with Crippen LogP contribution in [0.25, 0.3) is 0 Å². The molecule has 1 heterocycles. The molecule has 5 N–H and O–H groups in total. The second kappa shape index (κ2) is 6.21. The Hall–Kier alpha value is -1.63. The van der Waals surface area contributed by atoms with Crippen LogP contribution >= 0.6 is 23.4 Å². The van der Waals surface area contributed by atoms with Crippen LogP contribution in [0.2, 0.25) is 5.02 Å². The molecular formula is C13H14ClN3O2S. The molecule has 0 saturated heterocycles. The van der Waals surface area contributed by atoms with Crippen molar-refractivity contribution in [3.05, 3.63) is 46.4 Å². The van der Waals surface area contributed by atoms with Crippen LogP contribution < -0.4 is 17.0 Å². The highest BCUT2D eigenvalue weighted by Gasteiger charge is 2.14. The van der Waals surface area contributed by atoms with E-state index in [-0.39, 0.29) is 5.76 Å². The molecule has 0 bridgehead atoms. The highest BCUT2D eigenvalue weighted by Crippen LogP contribution is 2.32. The van der Waals surface area contributed by atoms with Crippen LogP contribution in [-0.4, -0.2) is 5.91 Å². The maximum Gasteiger partial charge on any atom is 0.300 e. The molecule has 1 aromatic carbocycles. The van der Waals surface area contributed by atoms with E-state index < -0.39 is 5.91 Å². The van der Waals surface area contributed by atoms with E-state index in [9.17, 15) is 4.79 Å². The molecule has 0 saturated carbocycles. The van der Waals surface area contributed by atoms with Crippen LogP contribution in [0.3, 0.4) is 0 Å². The molecule has 7 heteroatoms. The Kier molecular flexibility index (Phi) is 4.59. The Balaban J connectivity index is 2.11. The van der Waals surface area contributed by atoms with E-state index in [0.29, 0.717) is 22.2 Å². The number of thioether (sulfide) groups is 1. The van der Waals surface area contributed by atoms with Crippen LogP contribution in [0.5, 0.6) is 0 Å². The summed E-state index contributed by atoms with van der Waals surface area (Å²) >= 11 is 7.65. The number of furan rings is 1. The molecule has 0 fully saturated rings. The number of amides is 1. The Labute approximate surface area is 125 Å². The number of nitrogens with one attached hydrogen (secondary N) is 1. The monoisotopic (exact) mass is 311 g/mol. The second-order valence-corrected chi connectivity index (χ2v) is 5.57. The van der Waals surface area contributed by atoms with Crippen molar-refractivity contribution in [2.24, 2.45) is 5.84 Å². The number of hydrogen-bond acceptors (Lipinski definition) is 5. The third-order valence-corrected chi connectivity index (χ3v) is 4.26. The minimum absolute atomic E-state index is 0.198. The number of rotatable bonds is 4. The first-order valence-electron chi connectivity index (χ1n) is 5.79. The van der Waals surface area contributed by atoms with Crippen molar-refractivity contribution in [3.63, 3.8) is 0 Å². The van der Waals surface area contributed by atoms with Gasteiger partial charge in [0.15, 0.2) is 5.76 Å². The van der Waals surface area contributed by atoms with Crippen molar-refractivity contribution >= 4 is 35.0 Å². The number of hydrogen-bond donors (Lipinski definition) is 3. The molecule has 0 spiro atoms. The smallest absolute Gasteiger partial charge is 0.300 e. The van der Waals surface area contributed by atoms with Gasteiger partial charge in [-0.25, -0.2) is 5.84 Å². The quantitative estimate of drug-likeness (QED) is 0.265. The lowest BCUT2D eigenvalue weighted by Gasteiger charge is -2.04. The fourth-order valence-corrected chi connectivity index (χ4v) is 2.95. The highest BCUT2D eigenvalue weighted by molar-refractivity contribution is 7.98. The minimum Gasteiger partial charge on any atom is -0.456 e. The summed E-state index contributed by atoms with van der Waals surface area (Å²) < 4.78 is 5.35. The summed E-state index contributed by atoms with van der Waals surface area (Å²) in [7, 11) is 0. The predicted molar refractivity (Wildman–Crippen MR) is 80.5 cm³/mol. The van der Waals surface area contributed by atoms with Crippen molar-refractivity contribution in [2.45, 2.75) is 17.6 Å². The van der Waals surface area contributed by atoms with Gasteiger partial charge in [-0.3, -0.25) is 10.2 Å². The minimum atomic E-state index is -0.449. The number of nitrogens with two attached hydrogens (primary N) is 2. The maximum atomic E-state index is 11.4. The third-order valence-electron chi connectivity index (χ3n) is 2.71. The number of aryl methyl sites for hydroxylation is 1. The average Bonchev–Trinajstić information content (AvgIpc) is 2.78. The Morgan fingerprint density at radius 3 is 2.85 bits per heavy atom.